The second-order valence-electron chi connectivity index (χ2n) is 7.45. The van der Waals surface area contributed by atoms with E-state index in [1.54, 1.807) is 55.5 Å². The lowest BCUT2D eigenvalue weighted by molar-refractivity contribution is 0.0672. The van der Waals surface area contributed by atoms with Gasteiger partial charge in [0.15, 0.2) is 4.93 Å². The maximum Gasteiger partial charge on any atom is 0.406 e. The summed E-state index contributed by atoms with van der Waals surface area (Å²) in [5.41, 5.74) is 5.79. The molecular weight excluding hydrogens is 442 g/mol. The number of benzene rings is 4. The summed E-state index contributed by atoms with van der Waals surface area (Å²) in [5.74, 6) is -2.25. The van der Waals surface area contributed by atoms with Crippen LogP contribution in [0, 0.1) is 0 Å². The van der Waals surface area contributed by atoms with Crippen LogP contribution in [-0.4, -0.2) is 28.2 Å². The number of thioether (sulfide) groups is 1. The Morgan fingerprint density at radius 1 is 0.788 bits per heavy atom. The van der Waals surface area contributed by atoms with Gasteiger partial charge in [0.1, 0.15) is 0 Å². The lowest BCUT2D eigenvalue weighted by Crippen LogP contribution is -2.31. The molecule has 4 rings (SSSR count). The van der Waals surface area contributed by atoms with Crippen LogP contribution in [0.15, 0.2) is 77.7 Å². The summed E-state index contributed by atoms with van der Waals surface area (Å²) < 4.78 is 5.58. The van der Waals surface area contributed by atoms with E-state index < -0.39 is 23.0 Å². The van der Waals surface area contributed by atoms with Crippen LogP contribution >= 0.6 is 11.8 Å². The number of carboxylic acids is 2. The summed E-state index contributed by atoms with van der Waals surface area (Å²) in [4.78, 5) is 34.9. The molecule has 4 aromatic carbocycles. The van der Waals surface area contributed by atoms with Gasteiger partial charge in [0, 0.05) is 10.5 Å². The van der Waals surface area contributed by atoms with Gasteiger partial charge in [-0.2, -0.15) is 0 Å². The molecule has 0 aliphatic rings. The van der Waals surface area contributed by atoms with Crippen LogP contribution in [0.4, 0.5) is 4.79 Å². The monoisotopic (exact) mass is 461 g/mol. The van der Waals surface area contributed by atoms with Gasteiger partial charge >= 0.3 is 18.0 Å². The van der Waals surface area contributed by atoms with Crippen LogP contribution in [-0.2, 0) is 9.67 Å². The number of hydrogen-bond acceptors (Lipinski definition) is 5. The number of ether oxygens (including phenoxy) is 1. The van der Waals surface area contributed by atoms with Crippen molar-refractivity contribution in [3.8, 4) is 0 Å². The van der Waals surface area contributed by atoms with Gasteiger partial charge in [-0.3, -0.25) is 0 Å². The van der Waals surface area contributed by atoms with E-state index in [0.29, 0.717) is 21.1 Å². The fourth-order valence-electron chi connectivity index (χ4n) is 4.01. The number of primary amides is 1. The minimum Gasteiger partial charge on any atom is -0.478 e. The summed E-state index contributed by atoms with van der Waals surface area (Å²) in [6, 6.07) is 20.4. The number of aromatic carboxylic acids is 2. The first-order valence-electron chi connectivity index (χ1n) is 9.89. The lowest BCUT2D eigenvalue weighted by Gasteiger charge is -2.31. The Labute approximate surface area is 192 Å². The molecule has 0 heterocycles. The van der Waals surface area contributed by atoms with Gasteiger partial charge in [-0.05, 0) is 46.7 Å². The first-order chi connectivity index (χ1) is 15.7. The third-order valence-corrected chi connectivity index (χ3v) is 6.58. The van der Waals surface area contributed by atoms with Gasteiger partial charge in [-0.1, -0.05) is 66.4 Å². The molecule has 1 atom stereocenters. The molecule has 1 amide bonds. The molecule has 0 aliphatic carbocycles. The number of carbonyl (C=O) groups excluding carboxylic acids is 1. The molecule has 0 aromatic heterocycles. The zero-order valence-corrected chi connectivity index (χ0v) is 18.3. The lowest BCUT2D eigenvalue weighted by atomic mass is 9.95. The molecule has 0 spiro atoms. The molecule has 166 valence electrons. The largest absolute Gasteiger partial charge is 0.478 e. The highest BCUT2D eigenvalue weighted by molar-refractivity contribution is 8.00. The standard InChI is InChI=1S/C25H19NO6S/c1-25(32-24(26)31,21-15-7-3-2-6-14(15)10-11-19(21)23(29)30)33-20-13-12-18(22(27)28)16-8-4-5-9-17(16)20/h2-13H,1H3,(H2,26,31)(H,27,28)(H,29,30). The Morgan fingerprint density at radius 3 is 2.00 bits per heavy atom. The third kappa shape index (κ3) is 4.08. The van der Waals surface area contributed by atoms with E-state index in [1.807, 2.05) is 12.1 Å². The van der Waals surface area contributed by atoms with Crippen LogP contribution < -0.4 is 5.73 Å². The normalized spacial score (nSPS) is 12.9. The average Bonchev–Trinajstić information content (AvgIpc) is 2.77. The molecule has 0 saturated carbocycles. The zero-order chi connectivity index (χ0) is 23.8. The van der Waals surface area contributed by atoms with Crippen molar-refractivity contribution in [2.45, 2.75) is 16.8 Å². The Kier molecular flexibility index (Phi) is 5.69. The summed E-state index contributed by atoms with van der Waals surface area (Å²) in [7, 11) is 0. The van der Waals surface area contributed by atoms with Crippen LogP contribution in [0.1, 0.15) is 33.2 Å². The molecular formula is C25H19NO6S. The molecule has 33 heavy (non-hydrogen) atoms. The molecule has 1 unspecified atom stereocenters. The van der Waals surface area contributed by atoms with Gasteiger partial charge in [-0.15, -0.1) is 0 Å². The molecule has 8 heteroatoms. The maximum atomic E-state index is 12.1. The van der Waals surface area contributed by atoms with Crippen molar-refractivity contribution in [1.82, 2.24) is 0 Å². The molecule has 0 bridgehead atoms. The number of hydrogen-bond donors (Lipinski definition) is 3. The number of nitrogens with two attached hydrogens (primary N) is 1. The second kappa shape index (κ2) is 8.48. The van der Waals surface area contributed by atoms with Crippen molar-refractivity contribution in [2.75, 3.05) is 0 Å². The summed E-state index contributed by atoms with van der Waals surface area (Å²) in [6.07, 6.45) is -1.07. The van der Waals surface area contributed by atoms with E-state index in [-0.39, 0.29) is 16.7 Å². The third-order valence-electron chi connectivity index (χ3n) is 5.33. The van der Waals surface area contributed by atoms with E-state index in [1.165, 1.54) is 12.1 Å². The number of rotatable bonds is 6. The minimum atomic E-state index is -1.53. The van der Waals surface area contributed by atoms with Gasteiger partial charge in [0.05, 0.1) is 11.1 Å². The molecule has 0 radical (unpaired) electrons. The summed E-state index contributed by atoms with van der Waals surface area (Å²) >= 11 is 1.09. The van der Waals surface area contributed by atoms with Crippen LogP contribution in [0.5, 0.6) is 0 Å². The highest BCUT2D eigenvalue weighted by atomic mass is 32.2. The summed E-state index contributed by atoms with van der Waals surface area (Å²) in [6.45, 7) is 1.58. The van der Waals surface area contributed by atoms with E-state index >= 15 is 0 Å². The van der Waals surface area contributed by atoms with E-state index in [0.717, 1.165) is 17.1 Å². The average molecular weight is 461 g/mol. The quantitative estimate of drug-likeness (QED) is 0.257. The van der Waals surface area contributed by atoms with Crippen LogP contribution in [0.2, 0.25) is 0 Å². The van der Waals surface area contributed by atoms with Crippen molar-refractivity contribution in [2.24, 2.45) is 5.73 Å². The Hall–Kier alpha value is -4.04. The number of fused-ring (bicyclic) bond motifs is 2. The van der Waals surface area contributed by atoms with Crippen LogP contribution in [0.3, 0.4) is 0 Å². The predicted molar refractivity (Wildman–Crippen MR) is 126 cm³/mol. The topological polar surface area (TPSA) is 127 Å². The van der Waals surface area contributed by atoms with Crippen molar-refractivity contribution in [3.63, 3.8) is 0 Å². The first kappa shape index (κ1) is 22.2. The highest BCUT2D eigenvalue weighted by Crippen LogP contribution is 2.48. The molecule has 0 aliphatic heterocycles. The van der Waals surface area contributed by atoms with E-state index in [2.05, 4.69) is 0 Å². The van der Waals surface area contributed by atoms with E-state index in [4.69, 9.17) is 10.5 Å². The fraction of sp³-hybridized carbons (Fsp3) is 0.0800. The van der Waals surface area contributed by atoms with Crippen molar-refractivity contribution < 1.29 is 29.3 Å². The van der Waals surface area contributed by atoms with Gasteiger partial charge in [-0.25, -0.2) is 14.4 Å². The zero-order valence-electron chi connectivity index (χ0n) is 17.4. The SMILES string of the molecule is CC(OC(N)=O)(Sc1ccc(C(=O)O)c2ccccc12)c1c(C(=O)O)ccc2ccccc12. The van der Waals surface area contributed by atoms with Crippen molar-refractivity contribution in [1.29, 1.82) is 0 Å². The smallest absolute Gasteiger partial charge is 0.406 e. The van der Waals surface area contributed by atoms with Gasteiger partial charge in [0.25, 0.3) is 0 Å². The second-order valence-corrected chi connectivity index (χ2v) is 8.87. The minimum absolute atomic E-state index is 0.0311. The van der Waals surface area contributed by atoms with Gasteiger partial charge < -0.3 is 20.7 Å². The molecule has 4 aromatic rings. The van der Waals surface area contributed by atoms with Crippen LogP contribution in [0.25, 0.3) is 21.5 Å². The number of amides is 1. The Morgan fingerprint density at radius 2 is 1.36 bits per heavy atom. The number of carbonyl (C=O) groups is 3. The Balaban J connectivity index is 1.99. The first-order valence-corrected chi connectivity index (χ1v) is 10.7. The van der Waals surface area contributed by atoms with Crippen molar-refractivity contribution in [3.05, 3.63) is 89.5 Å². The molecule has 0 saturated heterocycles. The predicted octanol–water partition coefficient (Wildman–Crippen LogP) is 5.45. The number of carboxylic acid groups (broad SMARTS) is 2. The van der Waals surface area contributed by atoms with Crippen molar-refractivity contribution >= 4 is 51.3 Å². The molecule has 7 nitrogen and oxygen atoms in total. The Bertz CT molecular complexity index is 1430. The maximum absolute atomic E-state index is 12.1. The molecule has 0 fully saturated rings. The van der Waals surface area contributed by atoms with Gasteiger partial charge in [0.2, 0.25) is 0 Å². The van der Waals surface area contributed by atoms with E-state index in [9.17, 15) is 24.6 Å². The molecule has 4 N–H and O–H groups in total. The summed E-state index contributed by atoms with van der Waals surface area (Å²) in [5, 5.41) is 22.0. The highest BCUT2D eigenvalue weighted by Gasteiger charge is 2.38. The fourth-order valence-corrected chi connectivity index (χ4v) is 5.30.